The Morgan fingerprint density at radius 1 is 1.42 bits per heavy atom. The van der Waals surface area contributed by atoms with Crippen LogP contribution in [0.4, 0.5) is 0 Å². The highest BCUT2D eigenvalue weighted by atomic mass is 16.5. The Morgan fingerprint density at radius 3 is 3.00 bits per heavy atom. The number of hydrogen-bond acceptors (Lipinski definition) is 5. The summed E-state index contributed by atoms with van der Waals surface area (Å²) in [4.78, 5) is 14.2. The number of likely N-dealkylation sites (tertiary alicyclic amines) is 1. The van der Waals surface area contributed by atoms with Crippen molar-refractivity contribution < 1.29 is 14.6 Å². The standard InChI is InChI=1S/C17H22N4O3/c1-24-15-5-3-2-4-14(15)6-7-16(22)20-10-8-17(23,12-20)13-21-11-9-18-19-21/h2-5,9,11,23H,6-8,10,12-13H2,1H3. The average molecular weight is 330 g/mol. The van der Waals surface area contributed by atoms with Crippen molar-refractivity contribution >= 4 is 5.91 Å². The van der Waals surface area contributed by atoms with Crippen LogP contribution in [0.25, 0.3) is 0 Å². The van der Waals surface area contributed by atoms with Crippen LogP contribution in [0, 0.1) is 0 Å². The van der Waals surface area contributed by atoms with Crippen molar-refractivity contribution in [1.82, 2.24) is 19.9 Å². The summed E-state index contributed by atoms with van der Waals surface area (Å²) < 4.78 is 6.91. The summed E-state index contributed by atoms with van der Waals surface area (Å²) in [6.07, 6.45) is 4.87. The van der Waals surface area contributed by atoms with Gasteiger partial charge in [0, 0.05) is 19.2 Å². The fourth-order valence-electron chi connectivity index (χ4n) is 3.13. The van der Waals surface area contributed by atoms with Crippen LogP contribution in [-0.4, -0.2) is 56.7 Å². The Bertz CT molecular complexity index is 689. The van der Waals surface area contributed by atoms with Crippen LogP contribution in [0.1, 0.15) is 18.4 Å². The lowest BCUT2D eigenvalue weighted by Crippen LogP contribution is -2.39. The van der Waals surface area contributed by atoms with Crippen LogP contribution in [0.2, 0.25) is 0 Å². The van der Waals surface area contributed by atoms with E-state index in [4.69, 9.17) is 4.74 Å². The van der Waals surface area contributed by atoms with Crippen molar-refractivity contribution in [3.63, 3.8) is 0 Å². The maximum atomic E-state index is 12.4. The molecule has 1 aromatic heterocycles. The summed E-state index contributed by atoms with van der Waals surface area (Å²) in [5.74, 6) is 0.852. The molecule has 128 valence electrons. The lowest BCUT2D eigenvalue weighted by atomic mass is 10.0. The first kappa shape index (κ1) is 16.4. The Kier molecular flexibility index (Phi) is 4.80. The molecule has 1 aliphatic rings. The predicted molar refractivity (Wildman–Crippen MR) is 87.5 cm³/mol. The number of β-amino-alcohol motifs (C(OH)–C–C–N with tert-alkyl or cyclic N) is 1. The maximum Gasteiger partial charge on any atom is 0.223 e. The van der Waals surface area contributed by atoms with E-state index in [1.165, 1.54) is 0 Å². The van der Waals surface area contributed by atoms with Crippen molar-refractivity contribution in [2.45, 2.75) is 31.4 Å². The third kappa shape index (κ3) is 3.73. The molecule has 1 saturated heterocycles. The first-order valence-electron chi connectivity index (χ1n) is 8.06. The van der Waals surface area contributed by atoms with E-state index in [-0.39, 0.29) is 5.91 Å². The molecule has 1 aliphatic heterocycles. The molecule has 3 rings (SSSR count). The van der Waals surface area contributed by atoms with Crippen molar-refractivity contribution in [3.8, 4) is 5.75 Å². The normalized spacial score (nSPS) is 20.3. The van der Waals surface area contributed by atoms with Crippen LogP contribution in [0.5, 0.6) is 5.75 Å². The van der Waals surface area contributed by atoms with Gasteiger partial charge in [-0.3, -0.25) is 4.79 Å². The molecule has 1 unspecified atom stereocenters. The SMILES string of the molecule is COc1ccccc1CCC(=O)N1CCC(O)(Cn2ccnn2)C1. The van der Waals surface area contributed by atoms with Gasteiger partial charge in [0.1, 0.15) is 11.4 Å². The Balaban J connectivity index is 1.54. The number of carbonyl (C=O) groups excluding carboxylic acids is 1. The van der Waals surface area contributed by atoms with Gasteiger partial charge in [0.05, 0.1) is 26.4 Å². The topological polar surface area (TPSA) is 80.5 Å². The van der Waals surface area contributed by atoms with E-state index in [0.29, 0.717) is 38.9 Å². The van der Waals surface area contributed by atoms with Crippen molar-refractivity contribution in [2.75, 3.05) is 20.2 Å². The van der Waals surface area contributed by atoms with Gasteiger partial charge < -0.3 is 14.7 Å². The minimum Gasteiger partial charge on any atom is -0.496 e. The molecule has 0 radical (unpaired) electrons. The number of hydrogen-bond donors (Lipinski definition) is 1. The number of amides is 1. The quantitative estimate of drug-likeness (QED) is 0.850. The number of nitrogens with zero attached hydrogens (tertiary/aromatic N) is 4. The van der Waals surface area contributed by atoms with E-state index < -0.39 is 5.60 Å². The molecule has 7 heteroatoms. The van der Waals surface area contributed by atoms with E-state index >= 15 is 0 Å². The molecule has 1 N–H and O–H groups in total. The van der Waals surface area contributed by atoms with Gasteiger partial charge in [-0.05, 0) is 24.5 Å². The number of rotatable bonds is 6. The lowest BCUT2D eigenvalue weighted by molar-refractivity contribution is -0.131. The second kappa shape index (κ2) is 7.00. The van der Waals surface area contributed by atoms with Crippen LogP contribution >= 0.6 is 0 Å². The third-order valence-electron chi connectivity index (χ3n) is 4.41. The smallest absolute Gasteiger partial charge is 0.223 e. The van der Waals surface area contributed by atoms with Gasteiger partial charge in [-0.25, -0.2) is 4.68 Å². The van der Waals surface area contributed by atoms with Crippen molar-refractivity contribution in [3.05, 3.63) is 42.2 Å². The van der Waals surface area contributed by atoms with Gasteiger partial charge >= 0.3 is 0 Å². The Hall–Kier alpha value is -2.41. The molecule has 0 bridgehead atoms. The van der Waals surface area contributed by atoms with Gasteiger partial charge in [-0.2, -0.15) is 0 Å². The van der Waals surface area contributed by atoms with Gasteiger partial charge in [0.25, 0.3) is 0 Å². The van der Waals surface area contributed by atoms with E-state index in [2.05, 4.69) is 10.3 Å². The lowest BCUT2D eigenvalue weighted by Gasteiger charge is -2.23. The van der Waals surface area contributed by atoms with E-state index in [1.54, 1.807) is 29.1 Å². The largest absolute Gasteiger partial charge is 0.496 e. The number of benzene rings is 1. The molecule has 0 spiro atoms. The highest BCUT2D eigenvalue weighted by Gasteiger charge is 2.38. The molecule has 2 aromatic rings. The van der Waals surface area contributed by atoms with Crippen molar-refractivity contribution in [2.24, 2.45) is 0 Å². The summed E-state index contributed by atoms with van der Waals surface area (Å²) in [5.41, 5.74) is 0.0822. The summed E-state index contributed by atoms with van der Waals surface area (Å²) in [5, 5.41) is 18.3. The molecule has 1 amide bonds. The molecule has 0 saturated carbocycles. The molecular formula is C17H22N4O3. The minimum atomic E-state index is -0.937. The number of ether oxygens (including phenoxy) is 1. The summed E-state index contributed by atoms with van der Waals surface area (Å²) in [6, 6.07) is 7.72. The molecule has 1 aromatic carbocycles. The highest BCUT2D eigenvalue weighted by molar-refractivity contribution is 5.77. The highest BCUT2D eigenvalue weighted by Crippen LogP contribution is 2.25. The van der Waals surface area contributed by atoms with E-state index in [9.17, 15) is 9.90 Å². The van der Waals surface area contributed by atoms with Crippen LogP contribution < -0.4 is 4.74 Å². The van der Waals surface area contributed by atoms with Gasteiger partial charge in [-0.15, -0.1) is 5.10 Å². The molecule has 1 fully saturated rings. The average Bonchev–Trinajstić information content (AvgIpc) is 3.23. The van der Waals surface area contributed by atoms with E-state index in [0.717, 1.165) is 11.3 Å². The summed E-state index contributed by atoms with van der Waals surface area (Å²) in [6.45, 7) is 1.25. The second-order valence-electron chi connectivity index (χ2n) is 6.20. The molecule has 2 heterocycles. The first-order valence-corrected chi connectivity index (χ1v) is 8.06. The monoisotopic (exact) mass is 330 g/mol. The zero-order valence-electron chi connectivity index (χ0n) is 13.8. The van der Waals surface area contributed by atoms with Gasteiger partial charge in [0.2, 0.25) is 5.91 Å². The zero-order valence-corrected chi connectivity index (χ0v) is 13.8. The second-order valence-corrected chi connectivity index (χ2v) is 6.20. The van der Waals surface area contributed by atoms with Crippen molar-refractivity contribution in [1.29, 1.82) is 0 Å². The third-order valence-corrected chi connectivity index (χ3v) is 4.41. The summed E-state index contributed by atoms with van der Waals surface area (Å²) in [7, 11) is 1.63. The zero-order chi connectivity index (χ0) is 17.0. The van der Waals surface area contributed by atoms with Gasteiger partial charge in [0.15, 0.2) is 0 Å². The Morgan fingerprint density at radius 2 is 2.25 bits per heavy atom. The molecule has 7 nitrogen and oxygen atoms in total. The molecule has 24 heavy (non-hydrogen) atoms. The van der Waals surface area contributed by atoms with Gasteiger partial charge in [-0.1, -0.05) is 23.4 Å². The number of aromatic nitrogens is 3. The number of carbonyl (C=O) groups is 1. The molecule has 0 aliphatic carbocycles. The van der Waals surface area contributed by atoms with Crippen LogP contribution in [0.3, 0.4) is 0 Å². The Labute approximate surface area is 140 Å². The van der Waals surface area contributed by atoms with Crippen LogP contribution in [0.15, 0.2) is 36.7 Å². The fraction of sp³-hybridized carbons (Fsp3) is 0.471. The number of aryl methyl sites for hydroxylation is 1. The summed E-state index contributed by atoms with van der Waals surface area (Å²) >= 11 is 0. The van der Waals surface area contributed by atoms with Crippen LogP contribution in [-0.2, 0) is 17.8 Å². The fourth-order valence-corrected chi connectivity index (χ4v) is 3.13. The molecule has 1 atom stereocenters. The number of para-hydroxylation sites is 1. The molecular weight excluding hydrogens is 308 g/mol. The first-order chi connectivity index (χ1) is 11.6. The number of methoxy groups -OCH3 is 1. The minimum absolute atomic E-state index is 0.0513. The van der Waals surface area contributed by atoms with E-state index in [1.807, 2.05) is 24.3 Å². The predicted octanol–water partition coefficient (Wildman–Crippen LogP) is 0.883. The number of aliphatic hydroxyl groups is 1. The maximum absolute atomic E-state index is 12.4.